The second kappa shape index (κ2) is 6.65. The number of hydrogen-bond acceptors (Lipinski definition) is 4. The summed E-state index contributed by atoms with van der Waals surface area (Å²) in [6.45, 7) is 0. The summed E-state index contributed by atoms with van der Waals surface area (Å²) >= 11 is 5.88. The molecule has 1 amide bonds. The Kier molecular flexibility index (Phi) is 4.17. The van der Waals surface area contributed by atoms with Crippen LogP contribution in [0.5, 0.6) is 0 Å². The number of rotatable bonds is 3. The first-order valence-electron chi connectivity index (χ1n) is 7.81. The second-order valence-electron chi connectivity index (χ2n) is 5.64. The van der Waals surface area contributed by atoms with Crippen LogP contribution in [0.15, 0.2) is 65.8 Å². The van der Waals surface area contributed by atoms with Gasteiger partial charge in [-0.1, -0.05) is 17.7 Å². The van der Waals surface area contributed by atoms with E-state index in [1.165, 1.54) is 47.5 Å². The van der Waals surface area contributed by atoms with Crippen LogP contribution in [0.25, 0.3) is 16.7 Å². The van der Waals surface area contributed by atoms with Gasteiger partial charge < -0.3 is 0 Å². The Bertz CT molecular complexity index is 1220. The molecule has 27 heavy (non-hydrogen) atoms. The van der Waals surface area contributed by atoms with Crippen molar-refractivity contribution >= 4 is 28.5 Å². The molecule has 4 rings (SSSR count). The van der Waals surface area contributed by atoms with E-state index in [-0.39, 0.29) is 11.2 Å². The summed E-state index contributed by atoms with van der Waals surface area (Å²) in [5.41, 5.74) is 3.11. The van der Waals surface area contributed by atoms with Gasteiger partial charge in [-0.2, -0.15) is 5.10 Å². The van der Waals surface area contributed by atoms with E-state index in [4.69, 9.17) is 11.6 Å². The molecule has 0 aliphatic carbocycles. The molecule has 7 nitrogen and oxygen atoms in total. The van der Waals surface area contributed by atoms with Gasteiger partial charge >= 0.3 is 0 Å². The highest BCUT2D eigenvalue weighted by Gasteiger charge is 2.13. The van der Waals surface area contributed by atoms with E-state index in [1.807, 2.05) is 0 Å². The molecule has 2 aromatic carbocycles. The van der Waals surface area contributed by atoms with Gasteiger partial charge in [-0.15, -0.1) is 0 Å². The van der Waals surface area contributed by atoms with Gasteiger partial charge in [0, 0.05) is 10.6 Å². The molecule has 134 valence electrons. The second-order valence-corrected chi connectivity index (χ2v) is 6.08. The number of amides is 1. The molecule has 1 N–H and O–H groups in total. The van der Waals surface area contributed by atoms with Gasteiger partial charge in [-0.05, 0) is 42.5 Å². The standard InChI is InChI=1S/C18H11ClFN5O2/c19-12-3-1-2-11(8-12)17(26)23-24-10-21-16-15(18(24)27)9-22-25(16)14-6-4-13(20)5-7-14/h1-10H,(H,23,26). The fraction of sp³-hybridized carbons (Fsp3) is 0. The number of hydrogen-bond donors (Lipinski definition) is 1. The number of halogens is 2. The van der Waals surface area contributed by atoms with Crippen LogP contribution in [0.3, 0.4) is 0 Å². The summed E-state index contributed by atoms with van der Waals surface area (Å²) in [5.74, 6) is -0.888. The lowest BCUT2D eigenvalue weighted by atomic mass is 10.2. The van der Waals surface area contributed by atoms with Crippen LogP contribution < -0.4 is 11.0 Å². The average Bonchev–Trinajstić information content (AvgIpc) is 3.09. The summed E-state index contributed by atoms with van der Waals surface area (Å²) < 4.78 is 15.5. The summed E-state index contributed by atoms with van der Waals surface area (Å²) in [6.07, 6.45) is 2.53. The van der Waals surface area contributed by atoms with Gasteiger partial charge in [0.15, 0.2) is 5.65 Å². The van der Waals surface area contributed by atoms with Crippen molar-refractivity contribution in [2.75, 3.05) is 5.43 Å². The largest absolute Gasteiger partial charge is 0.283 e. The van der Waals surface area contributed by atoms with Crippen molar-refractivity contribution in [3.8, 4) is 5.69 Å². The van der Waals surface area contributed by atoms with Gasteiger partial charge in [0.2, 0.25) is 0 Å². The highest BCUT2D eigenvalue weighted by Crippen LogP contribution is 2.14. The molecule has 0 fully saturated rings. The van der Waals surface area contributed by atoms with Crippen molar-refractivity contribution in [3.63, 3.8) is 0 Å². The number of carbonyl (C=O) groups is 1. The highest BCUT2D eigenvalue weighted by molar-refractivity contribution is 6.31. The minimum atomic E-state index is -0.508. The fourth-order valence-electron chi connectivity index (χ4n) is 2.57. The maximum absolute atomic E-state index is 13.1. The lowest BCUT2D eigenvalue weighted by molar-refractivity contribution is 0.101. The minimum Gasteiger partial charge on any atom is -0.267 e. The first-order chi connectivity index (χ1) is 13.0. The van der Waals surface area contributed by atoms with Gasteiger partial charge in [0.25, 0.3) is 11.5 Å². The number of fused-ring (bicyclic) bond motifs is 1. The molecule has 0 bridgehead atoms. The minimum absolute atomic E-state index is 0.202. The number of benzene rings is 2. The van der Waals surface area contributed by atoms with Crippen LogP contribution in [-0.2, 0) is 0 Å². The average molecular weight is 384 g/mol. The molecular weight excluding hydrogens is 373 g/mol. The third-order valence-corrected chi connectivity index (χ3v) is 4.10. The molecule has 9 heteroatoms. The third-order valence-electron chi connectivity index (χ3n) is 3.87. The fourth-order valence-corrected chi connectivity index (χ4v) is 2.76. The summed E-state index contributed by atoms with van der Waals surface area (Å²) in [5, 5.41) is 4.74. The molecule has 2 heterocycles. The van der Waals surface area contributed by atoms with Crippen LogP contribution in [0, 0.1) is 5.82 Å². The highest BCUT2D eigenvalue weighted by atomic mass is 35.5. The zero-order valence-electron chi connectivity index (χ0n) is 13.6. The summed E-state index contributed by atoms with van der Waals surface area (Å²) in [6, 6.07) is 12.0. The first-order valence-corrected chi connectivity index (χ1v) is 8.19. The predicted molar refractivity (Wildman–Crippen MR) is 98.2 cm³/mol. The van der Waals surface area contributed by atoms with Crippen molar-refractivity contribution in [1.82, 2.24) is 19.4 Å². The maximum atomic E-state index is 13.1. The van der Waals surface area contributed by atoms with E-state index in [1.54, 1.807) is 18.2 Å². The monoisotopic (exact) mass is 383 g/mol. The molecule has 2 aromatic heterocycles. The Morgan fingerprint density at radius 3 is 2.67 bits per heavy atom. The molecule has 0 saturated carbocycles. The predicted octanol–water partition coefficient (Wildman–Crippen LogP) is 2.76. The van der Waals surface area contributed by atoms with E-state index < -0.39 is 11.5 Å². The van der Waals surface area contributed by atoms with E-state index >= 15 is 0 Å². The SMILES string of the molecule is O=C(Nn1cnc2c(cnn2-c2ccc(F)cc2)c1=O)c1cccc(Cl)c1. The first kappa shape index (κ1) is 16.9. The molecule has 0 aliphatic rings. The Morgan fingerprint density at radius 1 is 1.15 bits per heavy atom. The van der Waals surface area contributed by atoms with Gasteiger partial charge in [0.1, 0.15) is 17.5 Å². The van der Waals surface area contributed by atoms with Crippen molar-refractivity contribution in [2.24, 2.45) is 0 Å². The summed E-state index contributed by atoms with van der Waals surface area (Å²) in [7, 11) is 0. The van der Waals surface area contributed by atoms with E-state index in [0.29, 0.717) is 21.9 Å². The lowest BCUT2D eigenvalue weighted by Crippen LogP contribution is -2.33. The molecule has 4 aromatic rings. The number of nitrogens with zero attached hydrogens (tertiary/aromatic N) is 4. The molecule has 0 atom stereocenters. The Labute approximate surface area is 156 Å². The Hall–Kier alpha value is -3.52. The molecule has 0 spiro atoms. The lowest BCUT2D eigenvalue weighted by Gasteiger charge is -2.08. The van der Waals surface area contributed by atoms with Crippen molar-refractivity contribution in [3.05, 3.63) is 87.8 Å². The normalized spacial score (nSPS) is 10.9. The van der Waals surface area contributed by atoms with Gasteiger partial charge in [0.05, 0.1) is 11.9 Å². The van der Waals surface area contributed by atoms with E-state index in [0.717, 1.165) is 4.68 Å². The zero-order valence-corrected chi connectivity index (χ0v) is 14.4. The molecule has 0 saturated heterocycles. The van der Waals surface area contributed by atoms with Gasteiger partial charge in [-0.3, -0.25) is 15.0 Å². The van der Waals surface area contributed by atoms with Crippen molar-refractivity contribution < 1.29 is 9.18 Å². The quantitative estimate of drug-likeness (QED) is 0.589. The van der Waals surface area contributed by atoms with Crippen LogP contribution in [0.2, 0.25) is 5.02 Å². The number of aromatic nitrogens is 4. The van der Waals surface area contributed by atoms with Crippen molar-refractivity contribution in [2.45, 2.75) is 0 Å². The topological polar surface area (TPSA) is 81.8 Å². The number of nitrogens with one attached hydrogen (secondary N) is 1. The van der Waals surface area contributed by atoms with Crippen LogP contribution in [0.1, 0.15) is 10.4 Å². The smallest absolute Gasteiger partial charge is 0.267 e. The Morgan fingerprint density at radius 2 is 1.93 bits per heavy atom. The maximum Gasteiger partial charge on any atom is 0.283 e. The zero-order chi connectivity index (χ0) is 19.0. The number of carbonyl (C=O) groups excluding carboxylic acids is 1. The molecule has 0 unspecified atom stereocenters. The molecule has 0 radical (unpaired) electrons. The Balaban J connectivity index is 1.70. The van der Waals surface area contributed by atoms with Crippen LogP contribution >= 0.6 is 11.6 Å². The van der Waals surface area contributed by atoms with Crippen LogP contribution in [0.4, 0.5) is 4.39 Å². The third kappa shape index (κ3) is 3.18. The van der Waals surface area contributed by atoms with Gasteiger partial charge in [-0.25, -0.2) is 18.7 Å². The van der Waals surface area contributed by atoms with E-state index in [9.17, 15) is 14.0 Å². The van der Waals surface area contributed by atoms with Crippen molar-refractivity contribution in [1.29, 1.82) is 0 Å². The summed E-state index contributed by atoms with van der Waals surface area (Å²) in [4.78, 5) is 29.1. The van der Waals surface area contributed by atoms with Crippen LogP contribution in [-0.4, -0.2) is 25.3 Å². The molecule has 0 aliphatic heterocycles. The molecular formula is C18H11ClFN5O2. The van der Waals surface area contributed by atoms with E-state index in [2.05, 4.69) is 15.5 Å².